The number of para-hydroxylation sites is 1. The molecule has 0 aromatic heterocycles. The van der Waals surface area contributed by atoms with Crippen molar-refractivity contribution in [2.24, 2.45) is 4.99 Å². The van der Waals surface area contributed by atoms with E-state index < -0.39 is 9.84 Å². The van der Waals surface area contributed by atoms with E-state index in [1.54, 1.807) is 6.92 Å². The Morgan fingerprint density at radius 1 is 1.29 bits per heavy atom. The fourth-order valence-electron chi connectivity index (χ4n) is 0.888. The highest BCUT2D eigenvalue weighted by atomic mass is 32.2. The average molecular weight is 211 g/mol. The lowest BCUT2D eigenvalue weighted by Crippen LogP contribution is -2.09. The fraction of sp³-hybridized carbons (Fsp3) is 0.300. The third-order valence-corrected chi connectivity index (χ3v) is 3.30. The van der Waals surface area contributed by atoms with E-state index in [0.717, 1.165) is 5.69 Å². The topological polar surface area (TPSA) is 46.5 Å². The van der Waals surface area contributed by atoms with Crippen molar-refractivity contribution in [1.82, 2.24) is 0 Å². The van der Waals surface area contributed by atoms with Crippen LogP contribution in [0, 0.1) is 0 Å². The van der Waals surface area contributed by atoms with Gasteiger partial charge in [0.15, 0.2) is 9.84 Å². The Labute approximate surface area is 84.4 Å². The maximum absolute atomic E-state index is 11.1. The first kappa shape index (κ1) is 10.9. The molecule has 0 bridgehead atoms. The maximum Gasteiger partial charge on any atom is 0.155 e. The monoisotopic (exact) mass is 211 g/mol. The Hall–Kier alpha value is -1.16. The van der Waals surface area contributed by atoms with Gasteiger partial charge >= 0.3 is 0 Å². The third-order valence-electron chi connectivity index (χ3n) is 1.76. The fourth-order valence-corrected chi connectivity index (χ4v) is 1.43. The molecule has 1 aromatic carbocycles. The Bertz CT molecular complexity index is 395. The molecular formula is C10H13NO2S. The molecule has 0 fully saturated rings. The molecule has 0 atom stereocenters. The van der Waals surface area contributed by atoms with Crippen molar-refractivity contribution in [3.8, 4) is 0 Å². The number of nitrogens with zero attached hydrogens (tertiary/aromatic N) is 1. The van der Waals surface area contributed by atoms with Gasteiger partial charge in [-0.1, -0.05) is 25.1 Å². The molecule has 4 heteroatoms. The van der Waals surface area contributed by atoms with Crippen LogP contribution in [-0.4, -0.2) is 26.1 Å². The van der Waals surface area contributed by atoms with Crippen LogP contribution < -0.4 is 0 Å². The molecule has 0 saturated heterocycles. The summed E-state index contributed by atoms with van der Waals surface area (Å²) in [5.74, 6) is 0.173. The van der Waals surface area contributed by atoms with Gasteiger partial charge in [0, 0.05) is 12.0 Å². The molecule has 0 aliphatic carbocycles. The molecule has 0 N–H and O–H groups in total. The molecule has 0 aliphatic rings. The second-order valence-electron chi connectivity index (χ2n) is 2.85. The van der Waals surface area contributed by atoms with Crippen molar-refractivity contribution in [3.05, 3.63) is 30.3 Å². The second kappa shape index (κ2) is 4.91. The number of hydrogen-bond acceptors (Lipinski definition) is 3. The van der Waals surface area contributed by atoms with Crippen LogP contribution in [0.25, 0.3) is 0 Å². The average Bonchev–Trinajstić information content (AvgIpc) is 2.19. The molecule has 0 amide bonds. The molecule has 3 nitrogen and oxygen atoms in total. The Morgan fingerprint density at radius 3 is 2.50 bits per heavy atom. The Morgan fingerprint density at radius 2 is 1.93 bits per heavy atom. The van der Waals surface area contributed by atoms with E-state index in [0.29, 0.717) is 0 Å². The van der Waals surface area contributed by atoms with Crippen LogP contribution in [0.15, 0.2) is 35.3 Å². The lowest BCUT2D eigenvalue weighted by Gasteiger charge is -1.94. The SMILES string of the molecule is CCS(=O)(=O)CC=Nc1ccccc1. The summed E-state index contributed by atoms with van der Waals surface area (Å²) in [5.41, 5.74) is 0.777. The largest absolute Gasteiger partial charge is 0.260 e. The van der Waals surface area contributed by atoms with E-state index in [2.05, 4.69) is 4.99 Å². The molecule has 14 heavy (non-hydrogen) atoms. The van der Waals surface area contributed by atoms with Gasteiger partial charge in [-0.15, -0.1) is 0 Å². The smallest absolute Gasteiger partial charge is 0.155 e. The van der Waals surface area contributed by atoms with Crippen molar-refractivity contribution in [1.29, 1.82) is 0 Å². The first-order chi connectivity index (χ1) is 6.64. The van der Waals surface area contributed by atoms with E-state index in [1.165, 1.54) is 6.21 Å². The van der Waals surface area contributed by atoms with E-state index in [4.69, 9.17) is 0 Å². The number of hydrogen-bond donors (Lipinski definition) is 0. The molecular weight excluding hydrogens is 198 g/mol. The van der Waals surface area contributed by atoms with Crippen molar-refractivity contribution in [3.63, 3.8) is 0 Å². The minimum atomic E-state index is -2.94. The highest BCUT2D eigenvalue weighted by Crippen LogP contribution is 2.08. The van der Waals surface area contributed by atoms with Crippen LogP contribution in [0.2, 0.25) is 0 Å². The van der Waals surface area contributed by atoms with Crippen LogP contribution >= 0.6 is 0 Å². The minimum absolute atomic E-state index is 0.0123. The summed E-state index contributed by atoms with van der Waals surface area (Å²) in [6, 6.07) is 9.27. The zero-order chi connectivity index (χ0) is 10.4. The van der Waals surface area contributed by atoms with Crippen LogP contribution in [0.1, 0.15) is 6.92 Å². The standard InChI is InChI=1S/C10H13NO2S/c1-2-14(12,13)9-8-11-10-6-4-3-5-7-10/h3-8H,2,9H2,1H3. The molecule has 0 radical (unpaired) electrons. The zero-order valence-corrected chi connectivity index (χ0v) is 8.87. The summed E-state index contributed by atoms with van der Waals surface area (Å²) < 4.78 is 22.2. The molecule has 0 unspecified atom stereocenters. The highest BCUT2D eigenvalue weighted by Gasteiger charge is 2.03. The molecule has 0 spiro atoms. The van der Waals surface area contributed by atoms with Crippen molar-refractivity contribution < 1.29 is 8.42 Å². The quantitative estimate of drug-likeness (QED) is 0.713. The predicted molar refractivity (Wildman–Crippen MR) is 58.9 cm³/mol. The van der Waals surface area contributed by atoms with Crippen LogP contribution in [-0.2, 0) is 9.84 Å². The number of rotatable bonds is 4. The van der Waals surface area contributed by atoms with Crippen LogP contribution in [0.3, 0.4) is 0 Å². The normalized spacial score (nSPS) is 12.1. The summed E-state index contributed by atoms with van der Waals surface area (Å²) in [6.45, 7) is 1.63. The number of benzene rings is 1. The first-order valence-corrected chi connectivity index (χ1v) is 6.24. The maximum atomic E-state index is 11.1. The van der Waals surface area contributed by atoms with E-state index in [1.807, 2.05) is 30.3 Å². The number of aliphatic imine (C=N–C) groups is 1. The van der Waals surface area contributed by atoms with Gasteiger partial charge in [-0.05, 0) is 12.1 Å². The molecule has 0 saturated carbocycles. The summed E-state index contributed by atoms with van der Waals surface area (Å²) in [7, 11) is -2.94. The van der Waals surface area contributed by atoms with Crippen molar-refractivity contribution in [2.75, 3.05) is 11.5 Å². The van der Waals surface area contributed by atoms with Crippen molar-refractivity contribution >= 4 is 21.7 Å². The Kier molecular flexibility index (Phi) is 3.83. The molecule has 0 heterocycles. The van der Waals surface area contributed by atoms with Gasteiger partial charge in [0.1, 0.15) is 0 Å². The van der Waals surface area contributed by atoms with Crippen LogP contribution in [0.4, 0.5) is 5.69 Å². The highest BCUT2D eigenvalue weighted by molar-refractivity contribution is 7.91. The second-order valence-corrected chi connectivity index (χ2v) is 5.24. The van der Waals surface area contributed by atoms with Gasteiger partial charge < -0.3 is 0 Å². The number of sulfone groups is 1. The van der Waals surface area contributed by atoms with E-state index in [9.17, 15) is 8.42 Å². The van der Waals surface area contributed by atoms with E-state index in [-0.39, 0.29) is 11.5 Å². The summed E-state index contributed by atoms with van der Waals surface area (Å²) in [5, 5.41) is 0. The molecule has 1 rings (SSSR count). The van der Waals surface area contributed by atoms with Gasteiger partial charge in [0.05, 0.1) is 11.4 Å². The molecule has 76 valence electrons. The van der Waals surface area contributed by atoms with Gasteiger partial charge in [-0.3, -0.25) is 4.99 Å². The van der Waals surface area contributed by atoms with Gasteiger partial charge in [0.2, 0.25) is 0 Å². The third kappa shape index (κ3) is 3.70. The van der Waals surface area contributed by atoms with Gasteiger partial charge in [-0.2, -0.15) is 0 Å². The minimum Gasteiger partial charge on any atom is -0.260 e. The first-order valence-electron chi connectivity index (χ1n) is 4.42. The summed E-state index contributed by atoms with van der Waals surface area (Å²) in [6.07, 6.45) is 1.44. The predicted octanol–water partition coefficient (Wildman–Crippen LogP) is 1.82. The molecule has 1 aromatic rings. The molecule has 0 aliphatic heterocycles. The zero-order valence-electron chi connectivity index (χ0n) is 8.05. The van der Waals surface area contributed by atoms with Gasteiger partial charge in [0.25, 0.3) is 0 Å². The lowest BCUT2D eigenvalue weighted by molar-refractivity contribution is 0.601. The van der Waals surface area contributed by atoms with Gasteiger partial charge in [-0.25, -0.2) is 8.42 Å². The summed E-state index contributed by atoms with van der Waals surface area (Å²) >= 11 is 0. The van der Waals surface area contributed by atoms with Crippen LogP contribution in [0.5, 0.6) is 0 Å². The van der Waals surface area contributed by atoms with E-state index >= 15 is 0 Å². The summed E-state index contributed by atoms with van der Waals surface area (Å²) in [4.78, 5) is 4.04. The lowest BCUT2D eigenvalue weighted by atomic mass is 10.3. The Balaban J connectivity index is 2.59. The van der Waals surface area contributed by atoms with Crippen molar-refractivity contribution in [2.45, 2.75) is 6.92 Å².